The van der Waals surface area contributed by atoms with E-state index in [9.17, 15) is 4.79 Å². The van der Waals surface area contributed by atoms with Crippen LogP contribution in [0.2, 0.25) is 5.02 Å². The van der Waals surface area contributed by atoms with Crippen molar-refractivity contribution >= 4 is 23.5 Å². The van der Waals surface area contributed by atoms with E-state index in [4.69, 9.17) is 16.3 Å². The highest BCUT2D eigenvalue weighted by molar-refractivity contribution is 6.30. The van der Waals surface area contributed by atoms with E-state index in [1.54, 1.807) is 38.1 Å². The number of amides is 1. The molecule has 0 fully saturated rings. The molecule has 0 radical (unpaired) electrons. The first-order valence-corrected chi connectivity index (χ1v) is 8.06. The van der Waals surface area contributed by atoms with E-state index in [0.29, 0.717) is 16.6 Å². The molecule has 0 aliphatic carbocycles. The van der Waals surface area contributed by atoms with E-state index < -0.39 is 5.60 Å². The van der Waals surface area contributed by atoms with Crippen molar-refractivity contribution in [2.75, 3.05) is 5.32 Å². The predicted octanol–water partition coefficient (Wildman–Crippen LogP) is 3.92. The van der Waals surface area contributed by atoms with Gasteiger partial charge < -0.3 is 4.74 Å². The number of nitrogens with zero attached hydrogens (tertiary/aromatic N) is 2. The Morgan fingerprint density at radius 3 is 2.48 bits per heavy atom. The standard InChI is InChI=1S/C18H17ClN4O2/c1-18(2,25-14-10-8-13(19)9-11-14)16(24)21-17-20-15(22-23-17)12-6-4-3-5-7-12/h3-11H,1-2H3,(H2,20,21,22,23,24). The highest BCUT2D eigenvalue weighted by Crippen LogP contribution is 2.22. The first kappa shape index (κ1) is 17.0. The molecule has 2 aromatic carbocycles. The molecular formula is C18H17ClN4O2. The van der Waals surface area contributed by atoms with Crippen molar-refractivity contribution in [3.05, 3.63) is 59.6 Å². The molecule has 0 spiro atoms. The summed E-state index contributed by atoms with van der Waals surface area (Å²) >= 11 is 5.85. The van der Waals surface area contributed by atoms with E-state index in [1.165, 1.54) is 0 Å². The van der Waals surface area contributed by atoms with Gasteiger partial charge in [-0.1, -0.05) is 41.9 Å². The SMILES string of the molecule is CC(C)(Oc1ccc(Cl)cc1)C(=O)Nc1n[nH]c(-c2ccccc2)n1. The summed E-state index contributed by atoms with van der Waals surface area (Å²) in [5, 5.41) is 10.1. The van der Waals surface area contributed by atoms with Crippen LogP contribution in [0.1, 0.15) is 13.8 Å². The average Bonchev–Trinajstić information content (AvgIpc) is 3.06. The van der Waals surface area contributed by atoms with Gasteiger partial charge in [0.2, 0.25) is 5.95 Å². The van der Waals surface area contributed by atoms with Crippen LogP contribution in [0.15, 0.2) is 54.6 Å². The van der Waals surface area contributed by atoms with Gasteiger partial charge in [0.25, 0.3) is 5.91 Å². The first-order chi connectivity index (χ1) is 11.9. The summed E-state index contributed by atoms with van der Waals surface area (Å²) in [5.41, 5.74) is -0.228. The van der Waals surface area contributed by atoms with Gasteiger partial charge >= 0.3 is 0 Å². The molecule has 2 N–H and O–H groups in total. The first-order valence-electron chi connectivity index (χ1n) is 7.68. The van der Waals surface area contributed by atoms with Crippen molar-refractivity contribution in [2.24, 2.45) is 0 Å². The maximum Gasteiger partial charge on any atom is 0.270 e. The molecule has 6 nitrogen and oxygen atoms in total. The Kier molecular flexibility index (Phi) is 4.72. The second-order valence-corrected chi connectivity index (χ2v) is 6.33. The van der Waals surface area contributed by atoms with Crippen LogP contribution in [0, 0.1) is 0 Å². The maximum atomic E-state index is 12.5. The monoisotopic (exact) mass is 356 g/mol. The van der Waals surface area contributed by atoms with Gasteiger partial charge in [-0.2, -0.15) is 4.98 Å². The highest BCUT2D eigenvalue weighted by Gasteiger charge is 2.31. The summed E-state index contributed by atoms with van der Waals surface area (Å²) in [7, 11) is 0. The lowest BCUT2D eigenvalue weighted by atomic mass is 10.1. The molecule has 0 saturated carbocycles. The van der Waals surface area contributed by atoms with Crippen LogP contribution in [0.25, 0.3) is 11.4 Å². The Bertz CT molecular complexity index is 860. The minimum atomic E-state index is -1.11. The van der Waals surface area contributed by atoms with Crippen LogP contribution in [0.5, 0.6) is 5.75 Å². The van der Waals surface area contributed by atoms with Crippen molar-refractivity contribution in [3.8, 4) is 17.1 Å². The topological polar surface area (TPSA) is 79.9 Å². The molecule has 128 valence electrons. The maximum absolute atomic E-state index is 12.5. The van der Waals surface area contributed by atoms with Gasteiger partial charge in [-0.15, -0.1) is 5.10 Å². The average molecular weight is 357 g/mol. The number of carbonyl (C=O) groups excluding carboxylic acids is 1. The van der Waals surface area contributed by atoms with Crippen LogP contribution in [0.3, 0.4) is 0 Å². The Morgan fingerprint density at radius 1 is 1.12 bits per heavy atom. The van der Waals surface area contributed by atoms with E-state index in [1.807, 2.05) is 30.3 Å². The third-order valence-corrected chi connectivity index (χ3v) is 3.74. The zero-order chi connectivity index (χ0) is 17.9. The molecule has 0 atom stereocenters. The summed E-state index contributed by atoms with van der Waals surface area (Å²) < 4.78 is 5.75. The number of hydrogen-bond donors (Lipinski definition) is 2. The second-order valence-electron chi connectivity index (χ2n) is 5.89. The number of ether oxygens (including phenoxy) is 1. The van der Waals surface area contributed by atoms with Gasteiger partial charge in [0.1, 0.15) is 5.75 Å². The molecule has 0 saturated heterocycles. The minimum Gasteiger partial charge on any atom is -0.478 e. The molecule has 0 aliphatic rings. The Labute approximate surface area is 150 Å². The summed E-state index contributed by atoms with van der Waals surface area (Å²) in [6, 6.07) is 16.3. The summed E-state index contributed by atoms with van der Waals surface area (Å²) in [5.74, 6) is 0.953. The van der Waals surface area contributed by atoms with E-state index in [0.717, 1.165) is 5.56 Å². The number of anilines is 1. The predicted molar refractivity (Wildman–Crippen MR) is 96.6 cm³/mol. The lowest BCUT2D eigenvalue weighted by Gasteiger charge is -2.24. The number of hydrogen-bond acceptors (Lipinski definition) is 4. The van der Waals surface area contributed by atoms with Gasteiger partial charge in [0, 0.05) is 10.6 Å². The van der Waals surface area contributed by atoms with Crippen LogP contribution in [0.4, 0.5) is 5.95 Å². The summed E-state index contributed by atoms with van der Waals surface area (Å²) in [4.78, 5) is 16.8. The van der Waals surface area contributed by atoms with Crippen molar-refractivity contribution in [3.63, 3.8) is 0 Å². The van der Waals surface area contributed by atoms with Crippen molar-refractivity contribution < 1.29 is 9.53 Å². The molecule has 3 aromatic rings. The molecule has 0 bridgehead atoms. The zero-order valence-corrected chi connectivity index (χ0v) is 14.5. The number of nitrogens with one attached hydrogen (secondary N) is 2. The van der Waals surface area contributed by atoms with E-state index in [-0.39, 0.29) is 11.9 Å². The van der Waals surface area contributed by atoms with Gasteiger partial charge in [-0.3, -0.25) is 15.2 Å². The fourth-order valence-electron chi connectivity index (χ4n) is 2.14. The lowest BCUT2D eigenvalue weighted by Crippen LogP contribution is -2.42. The summed E-state index contributed by atoms with van der Waals surface area (Å²) in [6.45, 7) is 3.34. The van der Waals surface area contributed by atoms with Crippen LogP contribution in [-0.2, 0) is 4.79 Å². The molecule has 1 aromatic heterocycles. The van der Waals surface area contributed by atoms with Gasteiger partial charge in [0.15, 0.2) is 11.4 Å². The van der Waals surface area contributed by atoms with Gasteiger partial charge in [-0.25, -0.2) is 0 Å². The largest absolute Gasteiger partial charge is 0.478 e. The zero-order valence-electron chi connectivity index (χ0n) is 13.8. The number of halogens is 1. The third-order valence-electron chi connectivity index (χ3n) is 3.49. The van der Waals surface area contributed by atoms with Crippen LogP contribution >= 0.6 is 11.6 Å². The van der Waals surface area contributed by atoms with E-state index >= 15 is 0 Å². The van der Waals surface area contributed by atoms with Crippen molar-refractivity contribution in [1.82, 2.24) is 15.2 Å². The molecule has 0 aliphatic heterocycles. The number of aromatic nitrogens is 3. The Hall–Kier alpha value is -2.86. The normalized spacial score (nSPS) is 11.2. The molecule has 1 heterocycles. The number of carbonyl (C=O) groups is 1. The number of H-pyrrole nitrogens is 1. The molecule has 7 heteroatoms. The van der Waals surface area contributed by atoms with Crippen LogP contribution in [-0.4, -0.2) is 26.7 Å². The van der Waals surface area contributed by atoms with E-state index in [2.05, 4.69) is 20.5 Å². The second kappa shape index (κ2) is 6.94. The number of rotatable bonds is 5. The molecule has 3 rings (SSSR count). The highest BCUT2D eigenvalue weighted by atomic mass is 35.5. The Morgan fingerprint density at radius 2 is 1.80 bits per heavy atom. The molecule has 25 heavy (non-hydrogen) atoms. The number of aromatic amines is 1. The minimum absolute atomic E-state index is 0.191. The summed E-state index contributed by atoms with van der Waals surface area (Å²) in [6.07, 6.45) is 0. The molecule has 0 unspecified atom stereocenters. The molecule has 1 amide bonds. The Balaban J connectivity index is 1.68. The van der Waals surface area contributed by atoms with Gasteiger partial charge in [0.05, 0.1) is 0 Å². The van der Waals surface area contributed by atoms with Crippen LogP contribution < -0.4 is 10.1 Å². The number of benzene rings is 2. The quantitative estimate of drug-likeness (QED) is 0.726. The fourth-order valence-corrected chi connectivity index (χ4v) is 2.26. The fraction of sp³-hybridized carbons (Fsp3) is 0.167. The molecular weight excluding hydrogens is 340 g/mol. The van der Waals surface area contributed by atoms with Gasteiger partial charge in [-0.05, 0) is 38.1 Å². The smallest absolute Gasteiger partial charge is 0.270 e. The third kappa shape index (κ3) is 4.16. The lowest BCUT2D eigenvalue weighted by molar-refractivity contribution is -0.128. The van der Waals surface area contributed by atoms with Crippen molar-refractivity contribution in [2.45, 2.75) is 19.4 Å². The van der Waals surface area contributed by atoms with Crippen molar-refractivity contribution in [1.29, 1.82) is 0 Å².